The SMILES string of the molecule is CCCC(NC(c1ccncc1)c1ccc(Br)cc1)C(=O)O.CNC#N. The number of hydrogen-bond acceptors (Lipinski definition) is 5. The van der Waals surface area contributed by atoms with Crippen LogP contribution in [0.25, 0.3) is 0 Å². The molecule has 0 fully saturated rings. The number of nitriles is 1. The molecule has 0 aliphatic carbocycles. The molecular weight excluding hydrogens is 396 g/mol. The van der Waals surface area contributed by atoms with Gasteiger partial charge in [-0.3, -0.25) is 15.1 Å². The van der Waals surface area contributed by atoms with Crippen molar-refractivity contribution in [2.75, 3.05) is 7.05 Å². The highest BCUT2D eigenvalue weighted by molar-refractivity contribution is 9.10. The van der Waals surface area contributed by atoms with E-state index in [1.165, 1.54) is 0 Å². The summed E-state index contributed by atoms with van der Waals surface area (Å²) in [5.41, 5.74) is 2.02. The number of carboxylic acids is 1. The average Bonchev–Trinajstić information content (AvgIpc) is 2.66. The number of benzene rings is 1. The fourth-order valence-corrected chi connectivity index (χ4v) is 2.63. The van der Waals surface area contributed by atoms with Crippen LogP contribution < -0.4 is 10.6 Å². The Kier molecular flexibility index (Phi) is 9.98. The van der Waals surface area contributed by atoms with Gasteiger partial charge in [0.2, 0.25) is 0 Å². The van der Waals surface area contributed by atoms with Gasteiger partial charge in [-0.15, -0.1) is 0 Å². The maximum Gasteiger partial charge on any atom is 0.320 e. The molecule has 2 atom stereocenters. The van der Waals surface area contributed by atoms with Crippen LogP contribution in [0.1, 0.15) is 36.9 Å². The Balaban J connectivity index is 0.000000765. The molecule has 2 aromatic rings. The Hall–Kier alpha value is -2.43. The molecule has 0 radical (unpaired) electrons. The topological polar surface area (TPSA) is 98.0 Å². The third-order valence-electron chi connectivity index (χ3n) is 3.60. The van der Waals surface area contributed by atoms with Gasteiger partial charge >= 0.3 is 5.97 Å². The Bertz CT molecular complexity index is 702. The highest BCUT2D eigenvalue weighted by atomic mass is 79.9. The summed E-state index contributed by atoms with van der Waals surface area (Å²) in [6, 6.07) is 11.0. The van der Waals surface area contributed by atoms with E-state index < -0.39 is 12.0 Å². The first-order valence-electron chi connectivity index (χ1n) is 8.23. The lowest BCUT2D eigenvalue weighted by molar-refractivity contribution is -0.139. The minimum absolute atomic E-state index is 0.177. The van der Waals surface area contributed by atoms with Crippen LogP contribution >= 0.6 is 15.9 Å². The summed E-state index contributed by atoms with van der Waals surface area (Å²) < 4.78 is 0.994. The molecule has 0 saturated heterocycles. The molecule has 0 amide bonds. The number of rotatable bonds is 7. The lowest BCUT2D eigenvalue weighted by Crippen LogP contribution is -2.39. The molecule has 2 rings (SSSR count). The van der Waals surface area contributed by atoms with Crippen molar-refractivity contribution < 1.29 is 9.90 Å². The molecule has 1 heterocycles. The number of aliphatic carboxylic acids is 1. The number of nitrogens with one attached hydrogen (secondary N) is 2. The van der Waals surface area contributed by atoms with E-state index in [2.05, 4.69) is 31.5 Å². The highest BCUT2D eigenvalue weighted by Crippen LogP contribution is 2.24. The molecule has 0 aliphatic rings. The van der Waals surface area contributed by atoms with Crippen LogP contribution in [-0.4, -0.2) is 29.1 Å². The van der Waals surface area contributed by atoms with Crippen LogP contribution in [-0.2, 0) is 4.79 Å². The second kappa shape index (κ2) is 12.0. The van der Waals surface area contributed by atoms with Gasteiger partial charge in [-0.2, -0.15) is 5.26 Å². The van der Waals surface area contributed by atoms with Gasteiger partial charge in [-0.1, -0.05) is 41.4 Å². The quantitative estimate of drug-likeness (QED) is 0.470. The van der Waals surface area contributed by atoms with Gasteiger partial charge in [0.15, 0.2) is 6.19 Å². The fraction of sp³-hybridized carbons (Fsp3) is 0.316. The number of aromatic nitrogens is 1. The van der Waals surface area contributed by atoms with Gasteiger partial charge < -0.3 is 10.4 Å². The molecule has 7 heteroatoms. The predicted octanol–water partition coefficient (Wildman–Crippen LogP) is 3.46. The number of nitrogens with zero attached hydrogens (tertiary/aromatic N) is 2. The van der Waals surface area contributed by atoms with Crippen LogP contribution in [0.15, 0.2) is 53.3 Å². The zero-order chi connectivity index (χ0) is 19.4. The van der Waals surface area contributed by atoms with Crippen molar-refractivity contribution in [2.24, 2.45) is 0 Å². The van der Waals surface area contributed by atoms with Crippen molar-refractivity contribution in [3.63, 3.8) is 0 Å². The van der Waals surface area contributed by atoms with Crippen molar-refractivity contribution in [3.8, 4) is 6.19 Å². The first-order valence-corrected chi connectivity index (χ1v) is 9.02. The van der Waals surface area contributed by atoms with Crippen LogP contribution in [0.5, 0.6) is 0 Å². The second-order valence-corrected chi connectivity index (χ2v) is 6.39. The van der Waals surface area contributed by atoms with E-state index in [9.17, 15) is 9.90 Å². The predicted molar refractivity (Wildman–Crippen MR) is 104 cm³/mol. The van der Waals surface area contributed by atoms with Crippen molar-refractivity contribution >= 4 is 21.9 Å². The third kappa shape index (κ3) is 7.21. The van der Waals surface area contributed by atoms with Gasteiger partial charge in [0, 0.05) is 23.9 Å². The standard InChI is InChI=1S/C17H19BrN2O2.C2H4N2/c1-2-3-15(17(21)22)20-16(13-8-10-19-11-9-13)12-4-6-14(18)7-5-12;1-4-2-3/h4-11,15-16,20H,2-3H2,1H3,(H,21,22);4H,1H3. The van der Waals surface area contributed by atoms with Crippen LogP contribution in [0.4, 0.5) is 0 Å². The highest BCUT2D eigenvalue weighted by Gasteiger charge is 2.23. The van der Waals surface area contributed by atoms with E-state index in [-0.39, 0.29) is 6.04 Å². The Labute approximate surface area is 162 Å². The van der Waals surface area contributed by atoms with Crippen LogP contribution in [0.3, 0.4) is 0 Å². The monoisotopic (exact) mass is 418 g/mol. The summed E-state index contributed by atoms with van der Waals surface area (Å²) in [7, 11) is 1.57. The number of carbonyl (C=O) groups is 1. The van der Waals surface area contributed by atoms with Crippen LogP contribution in [0.2, 0.25) is 0 Å². The number of halogens is 1. The molecular formula is C19H23BrN4O2. The van der Waals surface area contributed by atoms with Crippen molar-refractivity contribution in [2.45, 2.75) is 31.8 Å². The smallest absolute Gasteiger partial charge is 0.320 e. The molecule has 26 heavy (non-hydrogen) atoms. The van der Waals surface area contributed by atoms with Crippen molar-refractivity contribution in [3.05, 3.63) is 64.4 Å². The van der Waals surface area contributed by atoms with Crippen molar-refractivity contribution in [1.82, 2.24) is 15.6 Å². The number of carboxylic acid groups (broad SMARTS) is 1. The normalized spacial score (nSPS) is 12.1. The summed E-state index contributed by atoms with van der Waals surface area (Å²) in [6.45, 7) is 1.98. The maximum absolute atomic E-state index is 11.5. The Morgan fingerprint density at radius 1 is 1.23 bits per heavy atom. The Morgan fingerprint density at radius 2 is 1.77 bits per heavy atom. The summed E-state index contributed by atoms with van der Waals surface area (Å²) in [6.07, 6.45) is 6.53. The lowest BCUT2D eigenvalue weighted by atomic mass is 9.98. The van der Waals surface area contributed by atoms with E-state index in [1.54, 1.807) is 25.6 Å². The first-order chi connectivity index (χ1) is 12.5. The van der Waals surface area contributed by atoms with Gasteiger partial charge in [0.05, 0.1) is 6.04 Å². The molecule has 2 unspecified atom stereocenters. The van der Waals surface area contributed by atoms with Crippen LogP contribution in [0, 0.1) is 11.5 Å². The molecule has 1 aromatic heterocycles. The zero-order valence-electron chi connectivity index (χ0n) is 14.8. The van der Waals surface area contributed by atoms with Gasteiger partial charge in [-0.25, -0.2) is 0 Å². The first kappa shape index (κ1) is 21.6. The second-order valence-electron chi connectivity index (χ2n) is 5.47. The van der Waals surface area contributed by atoms with Gasteiger partial charge in [0.1, 0.15) is 6.04 Å². The molecule has 138 valence electrons. The number of hydrogen-bond donors (Lipinski definition) is 3. The summed E-state index contributed by atoms with van der Waals surface area (Å²) >= 11 is 3.43. The minimum atomic E-state index is -0.821. The summed E-state index contributed by atoms with van der Waals surface area (Å²) in [5.74, 6) is -0.821. The van der Waals surface area contributed by atoms with E-state index in [0.29, 0.717) is 6.42 Å². The van der Waals surface area contributed by atoms with E-state index in [1.807, 2.05) is 43.3 Å². The van der Waals surface area contributed by atoms with Crippen molar-refractivity contribution in [1.29, 1.82) is 5.26 Å². The van der Waals surface area contributed by atoms with Gasteiger partial charge in [0.25, 0.3) is 0 Å². The fourth-order valence-electron chi connectivity index (χ4n) is 2.36. The van der Waals surface area contributed by atoms with E-state index in [4.69, 9.17) is 5.26 Å². The summed E-state index contributed by atoms with van der Waals surface area (Å²) in [4.78, 5) is 15.5. The molecule has 1 aromatic carbocycles. The van der Waals surface area contributed by atoms with E-state index >= 15 is 0 Å². The van der Waals surface area contributed by atoms with Gasteiger partial charge in [-0.05, 0) is 41.8 Å². The molecule has 0 bridgehead atoms. The minimum Gasteiger partial charge on any atom is -0.480 e. The largest absolute Gasteiger partial charge is 0.480 e. The molecule has 0 saturated carbocycles. The van der Waals surface area contributed by atoms with E-state index in [0.717, 1.165) is 22.0 Å². The third-order valence-corrected chi connectivity index (χ3v) is 4.13. The lowest BCUT2D eigenvalue weighted by Gasteiger charge is -2.24. The maximum atomic E-state index is 11.5. The molecule has 0 aliphatic heterocycles. The number of pyridine rings is 1. The molecule has 0 spiro atoms. The molecule has 3 N–H and O–H groups in total. The average molecular weight is 419 g/mol. The Morgan fingerprint density at radius 3 is 2.23 bits per heavy atom. The molecule has 6 nitrogen and oxygen atoms in total. The summed E-state index contributed by atoms with van der Waals surface area (Å²) in [5, 5.41) is 22.4. The zero-order valence-corrected chi connectivity index (χ0v) is 16.4.